The molecule has 0 saturated heterocycles. The Morgan fingerprint density at radius 2 is 1.95 bits per heavy atom. The summed E-state index contributed by atoms with van der Waals surface area (Å²) in [7, 11) is 0. The first-order chi connectivity index (χ1) is 9.20. The SMILES string of the molecule is NCC(=O)c1cccc(NC(=O)C2CCCCC2)c1. The molecule has 2 rings (SSSR count). The van der Waals surface area contributed by atoms with Crippen molar-refractivity contribution in [2.45, 2.75) is 32.1 Å². The molecule has 1 fully saturated rings. The van der Waals surface area contributed by atoms with E-state index < -0.39 is 0 Å². The normalized spacial score (nSPS) is 16.1. The lowest BCUT2D eigenvalue weighted by molar-refractivity contribution is -0.120. The molecule has 0 aliphatic heterocycles. The van der Waals surface area contributed by atoms with Gasteiger partial charge >= 0.3 is 0 Å². The van der Waals surface area contributed by atoms with E-state index in [1.807, 2.05) is 0 Å². The molecular weight excluding hydrogens is 240 g/mol. The number of carbonyl (C=O) groups is 2. The number of amides is 1. The van der Waals surface area contributed by atoms with E-state index in [1.54, 1.807) is 24.3 Å². The van der Waals surface area contributed by atoms with E-state index in [2.05, 4.69) is 5.32 Å². The second-order valence-corrected chi connectivity index (χ2v) is 5.03. The summed E-state index contributed by atoms with van der Waals surface area (Å²) in [6.07, 6.45) is 5.42. The Kier molecular flexibility index (Phi) is 4.68. The third-order valence-electron chi connectivity index (χ3n) is 3.61. The summed E-state index contributed by atoms with van der Waals surface area (Å²) in [6.45, 7) is -0.0139. The number of benzene rings is 1. The largest absolute Gasteiger partial charge is 0.326 e. The van der Waals surface area contributed by atoms with E-state index in [4.69, 9.17) is 5.73 Å². The second kappa shape index (κ2) is 6.48. The molecule has 1 aliphatic rings. The first kappa shape index (κ1) is 13.7. The van der Waals surface area contributed by atoms with Gasteiger partial charge in [-0.15, -0.1) is 0 Å². The Hall–Kier alpha value is -1.68. The fourth-order valence-corrected chi connectivity index (χ4v) is 2.50. The van der Waals surface area contributed by atoms with Gasteiger partial charge in [-0.2, -0.15) is 0 Å². The highest BCUT2D eigenvalue weighted by Gasteiger charge is 2.21. The number of nitrogens with two attached hydrogens (primary N) is 1. The molecule has 1 saturated carbocycles. The minimum Gasteiger partial charge on any atom is -0.326 e. The molecule has 0 bridgehead atoms. The third-order valence-corrected chi connectivity index (χ3v) is 3.61. The Morgan fingerprint density at radius 3 is 2.63 bits per heavy atom. The van der Waals surface area contributed by atoms with Crippen LogP contribution in [0, 0.1) is 5.92 Å². The van der Waals surface area contributed by atoms with Crippen molar-refractivity contribution in [2.75, 3.05) is 11.9 Å². The molecule has 19 heavy (non-hydrogen) atoms. The van der Waals surface area contributed by atoms with Crippen molar-refractivity contribution in [3.63, 3.8) is 0 Å². The number of Topliss-reactive ketones (excluding diaryl/α,β-unsaturated/α-hetero) is 1. The predicted molar refractivity (Wildman–Crippen MR) is 75.0 cm³/mol. The lowest BCUT2D eigenvalue weighted by Gasteiger charge is -2.20. The maximum atomic E-state index is 12.1. The topological polar surface area (TPSA) is 72.2 Å². The zero-order valence-corrected chi connectivity index (χ0v) is 11.0. The molecule has 3 N–H and O–H groups in total. The Bertz CT molecular complexity index is 465. The van der Waals surface area contributed by atoms with E-state index in [-0.39, 0.29) is 24.2 Å². The highest BCUT2D eigenvalue weighted by atomic mass is 16.2. The summed E-state index contributed by atoms with van der Waals surface area (Å²) in [6, 6.07) is 6.97. The fraction of sp³-hybridized carbons (Fsp3) is 0.467. The summed E-state index contributed by atoms with van der Waals surface area (Å²) >= 11 is 0. The number of hydrogen-bond acceptors (Lipinski definition) is 3. The Labute approximate surface area is 113 Å². The lowest BCUT2D eigenvalue weighted by Crippen LogP contribution is -2.24. The zero-order valence-electron chi connectivity index (χ0n) is 11.0. The lowest BCUT2D eigenvalue weighted by atomic mass is 9.88. The van der Waals surface area contributed by atoms with Crippen molar-refractivity contribution < 1.29 is 9.59 Å². The van der Waals surface area contributed by atoms with Crippen LogP contribution in [0.4, 0.5) is 5.69 Å². The first-order valence-corrected chi connectivity index (χ1v) is 6.85. The van der Waals surface area contributed by atoms with Crippen molar-refractivity contribution >= 4 is 17.4 Å². The molecule has 4 nitrogen and oxygen atoms in total. The maximum Gasteiger partial charge on any atom is 0.227 e. The highest BCUT2D eigenvalue weighted by molar-refractivity contribution is 5.99. The Morgan fingerprint density at radius 1 is 1.21 bits per heavy atom. The van der Waals surface area contributed by atoms with Crippen LogP contribution in [0.5, 0.6) is 0 Å². The van der Waals surface area contributed by atoms with Gasteiger partial charge < -0.3 is 11.1 Å². The molecule has 1 aromatic carbocycles. The standard InChI is InChI=1S/C15H20N2O2/c16-10-14(18)12-7-4-8-13(9-12)17-15(19)11-5-2-1-3-6-11/h4,7-9,11H,1-3,5-6,10,16H2,(H,17,19). The number of anilines is 1. The number of rotatable bonds is 4. The molecule has 102 valence electrons. The van der Waals surface area contributed by atoms with Crippen molar-refractivity contribution in [2.24, 2.45) is 11.7 Å². The van der Waals surface area contributed by atoms with Gasteiger partial charge in [-0.1, -0.05) is 31.4 Å². The molecular formula is C15H20N2O2. The third kappa shape index (κ3) is 3.64. The molecule has 0 atom stereocenters. The van der Waals surface area contributed by atoms with Crippen molar-refractivity contribution in [1.82, 2.24) is 0 Å². The maximum absolute atomic E-state index is 12.1. The van der Waals surface area contributed by atoms with Gasteiger partial charge in [0.15, 0.2) is 5.78 Å². The van der Waals surface area contributed by atoms with Crippen molar-refractivity contribution in [3.8, 4) is 0 Å². The number of carbonyl (C=O) groups excluding carboxylic acids is 2. The average Bonchev–Trinajstić information content (AvgIpc) is 2.47. The number of hydrogen-bond donors (Lipinski definition) is 2. The van der Waals surface area contributed by atoms with Crippen molar-refractivity contribution in [1.29, 1.82) is 0 Å². The van der Waals surface area contributed by atoms with E-state index in [0.717, 1.165) is 25.7 Å². The van der Waals surface area contributed by atoms with E-state index >= 15 is 0 Å². The van der Waals surface area contributed by atoms with Gasteiger partial charge in [0, 0.05) is 17.2 Å². The summed E-state index contributed by atoms with van der Waals surface area (Å²) in [4.78, 5) is 23.6. The van der Waals surface area contributed by atoms with Crippen LogP contribution >= 0.6 is 0 Å². The van der Waals surface area contributed by atoms with Gasteiger partial charge in [0.05, 0.1) is 6.54 Å². The Balaban J connectivity index is 2.02. The van der Waals surface area contributed by atoms with Gasteiger partial charge in [-0.3, -0.25) is 9.59 Å². The molecule has 0 radical (unpaired) electrons. The second-order valence-electron chi connectivity index (χ2n) is 5.03. The highest BCUT2D eigenvalue weighted by Crippen LogP contribution is 2.25. The van der Waals surface area contributed by atoms with Crippen molar-refractivity contribution in [3.05, 3.63) is 29.8 Å². The molecule has 4 heteroatoms. The summed E-state index contributed by atoms with van der Waals surface area (Å²) < 4.78 is 0. The molecule has 1 aromatic rings. The first-order valence-electron chi connectivity index (χ1n) is 6.85. The molecule has 1 amide bonds. The van der Waals surface area contributed by atoms with E-state index in [1.165, 1.54) is 6.42 Å². The molecule has 0 unspecified atom stereocenters. The average molecular weight is 260 g/mol. The molecule has 0 spiro atoms. The minimum absolute atomic E-state index is 0.0139. The van der Waals surface area contributed by atoms with Gasteiger partial charge in [0.2, 0.25) is 5.91 Å². The van der Waals surface area contributed by atoms with Gasteiger partial charge in [-0.25, -0.2) is 0 Å². The van der Waals surface area contributed by atoms with E-state index in [0.29, 0.717) is 11.3 Å². The van der Waals surface area contributed by atoms with Crippen LogP contribution in [0.2, 0.25) is 0 Å². The van der Waals surface area contributed by atoms with Crippen LogP contribution < -0.4 is 11.1 Å². The van der Waals surface area contributed by atoms with Gasteiger partial charge in [0.1, 0.15) is 0 Å². The van der Waals surface area contributed by atoms with Crippen LogP contribution in [-0.2, 0) is 4.79 Å². The number of ketones is 1. The van der Waals surface area contributed by atoms with Gasteiger partial charge in [0.25, 0.3) is 0 Å². The predicted octanol–water partition coefficient (Wildman–Crippen LogP) is 2.35. The molecule has 1 aliphatic carbocycles. The zero-order chi connectivity index (χ0) is 13.7. The van der Waals surface area contributed by atoms with Crippen LogP contribution in [-0.4, -0.2) is 18.2 Å². The van der Waals surface area contributed by atoms with Crippen LogP contribution in [0.15, 0.2) is 24.3 Å². The summed E-state index contributed by atoms with van der Waals surface area (Å²) in [5, 5.41) is 2.90. The fourth-order valence-electron chi connectivity index (χ4n) is 2.50. The summed E-state index contributed by atoms with van der Waals surface area (Å²) in [5.41, 5.74) is 6.56. The smallest absolute Gasteiger partial charge is 0.227 e. The monoisotopic (exact) mass is 260 g/mol. The summed E-state index contributed by atoms with van der Waals surface area (Å²) in [5.74, 6) is 0.0634. The molecule has 0 heterocycles. The molecule has 0 aromatic heterocycles. The van der Waals surface area contributed by atoms with Crippen LogP contribution in [0.3, 0.4) is 0 Å². The van der Waals surface area contributed by atoms with E-state index in [9.17, 15) is 9.59 Å². The van der Waals surface area contributed by atoms with Crippen LogP contribution in [0.25, 0.3) is 0 Å². The quantitative estimate of drug-likeness (QED) is 0.816. The minimum atomic E-state index is -0.117. The van der Waals surface area contributed by atoms with Crippen LogP contribution in [0.1, 0.15) is 42.5 Å². The number of nitrogens with one attached hydrogen (secondary N) is 1. The van der Waals surface area contributed by atoms with Gasteiger partial charge in [-0.05, 0) is 25.0 Å².